The predicted molar refractivity (Wildman–Crippen MR) is 138 cm³/mol. The molecule has 0 bridgehead atoms. The third-order valence-corrected chi connectivity index (χ3v) is 10.5. The highest BCUT2D eigenvalue weighted by Gasteiger charge is 2.75. The standard InChI is InChI=1S/C26H28F3N5O7S/c1-33(2)21(35)12-34-11-15(10-32-34)14-4-5-18(17(6-14)26(27,28)29)42(39,40)16-7-20(41-3)25(8-16,23(37)38)19-9-24(19,13-30)22(31)36/h4-6,10-11,16,19-20H,7-9,12H2,1-3H3,(H2,31,36)(H,37,38)/t16-,19?,20+,24?,25+/m1/s1. The van der Waals surface area contributed by atoms with Gasteiger partial charge >= 0.3 is 12.1 Å². The van der Waals surface area contributed by atoms with Gasteiger partial charge in [0, 0.05) is 38.9 Å². The van der Waals surface area contributed by atoms with Crippen LogP contribution in [0.1, 0.15) is 24.8 Å². The zero-order valence-electron chi connectivity index (χ0n) is 22.8. The second-order valence-electron chi connectivity index (χ2n) is 10.8. The number of carboxylic acid groups (broad SMARTS) is 1. The molecule has 1 aromatic carbocycles. The van der Waals surface area contributed by atoms with Gasteiger partial charge < -0.3 is 20.5 Å². The van der Waals surface area contributed by atoms with E-state index >= 15 is 0 Å². The van der Waals surface area contributed by atoms with E-state index in [1.54, 1.807) is 6.07 Å². The number of primary amides is 1. The summed E-state index contributed by atoms with van der Waals surface area (Å²) in [6.45, 7) is -0.164. The number of alkyl halides is 3. The number of aliphatic carboxylic acids is 1. The van der Waals surface area contributed by atoms with E-state index in [1.807, 2.05) is 0 Å². The quantitative estimate of drug-likeness (QED) is 0.426. The van der Waals surface area contributed by atoms with Gasteiger partial charge in [0.05, 0.1) is 34.1 Å². The lowest BCUT2D eigenvalue weighted by atomic mass is 9.75. The molecule has 42 heavy (non-hydrogen) atoms. The number of nitriles is 1. The Kier molecular flexibility index (Phi) is 7.66. The SMILES string of the molecule is CO[C@H]1C[C@@H](S(=O)(=O)c2ccc(-c3cnn(CC(=O)N(C)C)c3)cc2C(F)(F)F)C[C@]1(C(=O)O)C1CC1(C#N)C(N)=O. The highest BCUT2D eigenvalue weighted by molar-refractivity contribution is 7.92. The first kappa shape index (κ1) is 31.0. The molecule has 16 heteroatoms. The highest BCUT2D eigenvalue weighted by Crippen LogP contribution is 2.66. The number of likely N-dealkylation sites (N-methyl/N-ethyl adjacent to an activating group) is 1. The number of halogens is 3. The van der Waals surface area contributed by atoms with Crippen LogP contribution in [0.3, 0.4) is 0 Å². The van der Waals surface area contributed by atoms with E-state index in [0.29, 0.717) is 6.07 Å². The Labute approximate surface area is 238 Å². The number of sulfone groups is 1. The van der Waals surface area contributed by atoms with Crippen molar-refractivity contribution in [2.75, 3.05) is 21.2 Å². The topological polar surface area (TPSA) is 186 Å². The van der Waals surface area contributed by atoms with Gasteiger partial charge in [-0.25, -0.2) is 8.42 Å². The number of hydrogen-bond donors (Lipinski definition) is 2. The van der Waals surface area contributed by atoms with Crippen molar-refractivity contribution in [1.29, 1.82) is 5.26 Å². The van der Waals surface area contributed by atoms with E-state index in [9.17, 15) is 46.3 Å². The maximum absolute atomic E-state index is 14.3. The highest BCUT2D eigenvalue weighted by atomic mass is 32.2. The first-order valence-corrected chi connectivity index (χ1v) is 14.2. The molecule has 2 aromatic rings. The minimum atomic E-state index is -5.11. The van der Waals surface area contributed by atoms with Gasteiger partial charge in [-0.1, -0.05) is 6.07 Å². The Morgan fingerprint density at radius 2 is 1.93 bits per heavy atom. The summed E-state index contributed by atoms with van der Waals surface area (Å²) in [7, 11) is -0.635. The Hall–Kier alpha value is -3.97. The van der Waals surface area contributed by atoms with Gasteiger partial charge in [0.1, 0.15) is 17.4 Å². The number of nitrogens with zero attached hydrogens (tertiary/aromatic N) is 4. The van der Waals surface area contributed by atoms with E-state index in [2.05, 4.69) is 5.10 Å². The number of ether oxygens (including phenoxy) is 1. The van der Waals surface area contributed by atoms with E-state index < -0.39 is 79.3 Å². The van der Waals surface area contributed by atoms with E-state index in [0.717, 1.165) is 13.2 Å². The molecule has 2 aliphatic carbocycles. The molecular weight excluding hydrogens is 583 g/mol. The van der Waals surface area contributed by atoms with E-state index in [-0.39, 0.29) is 30.0 Å². The summed E-state index contributed by atoms with van der Waals surface area (Å²) in [5.74, 6) is -4.09. The van der Waals surface area contributed by atoms with Gasteiger partial charge in [0.2, 0.25) is 11.8 Å². The summed E-state index contributed by atoms with van der Waals surface area (Å²) < 4.78 is 76.9. The molecule has 5 atom stereocenters. The summed E-state index contributed by atoms with van der Waals surface area (Å²) in [4.78, 5) is 36.8. The molecule has 2 unspecified atom stereocenters. The normalized spacial score (nSPS) is 27.3. The maximum Gasteiger partial charge on any atom is 0.417 e. The fourth-order valence-corrected chi connectivity index (χ4v) is 7.92. The average Bonchev–Trinajstić information content (AvgIpc) is 3.27. The zero-order chi connectivity index (χ0) is 31.4. The molecular formula is C26H28F3N5O7S. The van der Waals surface area contributed by atoms with E-state index in [1.165, 1.54) is 42.1 Å². The number of carbonyl (C=O) groups is 3. The van der Waals surface area contributed by atoms with Crippen molar-refractivity contribution >= 4 is 27.6 Å². The predicted octanol–water partition coefficient (Wildman–Crippen LogP) is 1.69. The van der Waals surface area contributed by atoms with Gasteiger partial charge in [-0.15, -0.1) is 0 Å². The lowest BCUT2D eigenvalue weighted by molar-refractivity contribution is -0.159. The molecule has 12 nitrogen and oxygen atoms in total. The summed E-state index contributed by atoms with van der Waals surface area (Å²) in [6, 6.07) is 4.36. The molecule has 226 valence electrons. The Morgan fingerprint density at radius 1 is 1.26 bits per heavy atom. The average molecular weight is 612 g/mol. The maximum atomic E-state index is 14.3. The van der Waals surface area contributed by atoms with Crippen LogP contribution in [0.15, 0.2) is 35.5 Å². The number of nitrogens with two attached hydrogens (primary N) is 1. The van der Waals surface area contributed by atoms with Crippen molar-refractivity contribution in [3.8, 4) is 17.2 Å². The number of methoxy groups -OCH3 is 1. The Balaban J connectivity index is 1.73. The third kappa shape index (κ3) is 4.90. The van der Waals surface area contributed by atoms with E-state index in [4.69, 9.17) is 10.5 Å². The number of carboxylic acids is 1. The lowest BCUT2D eigenvalue weighted by Crippen LogP contribution is -2.44. The van der Waals surface area contributed by atoms with Crippen LogP contribution >= 0.6 is 0 Å². The number of amides is 2. The van der Waals surface area contributed by atoms with Crippen LogP contribution < -0.4 is 5.73 Å². The minimum absolute atomic E-state index is 0.0101. The molecule has 0 saturated heterocycles. The molecule has 2 aliphatic rings. The summed E-state index contributed by atoms with van der Waals surface area (Å²) >= 11 is 0. The van der Waals surface area contributed by atoms with Crippen LogP contribution in [0, 0.1) is 28.1 Å². The smallest absolute Gasteiger partial charge is 0.417 e. The van der Waals surface area contributed by atoms with Gasteiger partial charge in [0.25, 0.3) is 0 Å². The Morgan fingerprint density at radius 3 is 2.43 bits per heavy atom. The van der Waals surface area contributed by atoms with Crippen LogP contribution in [0.25, 0.3) is 11.1 Å². The van der Waals surface area contributed by atoms with Gasteiger partial charge in [-0.3, -0.25) is 19.1 Å². The summed E-state index contributed by atoms with van der Waals surface area (Å²) in [5.41, 5.74) is 0.192. The fraction of sp³-hybridized carbons (Fsp3) is 0.500. The van der Waals surface area contributed by atoms with Crippen LogP contribution in [-0.4, -0.2) is 78.5 Å². The first-order valence-electron chi connectivity index (χ1n) is 12.6. The molecule has 0 spiro atoms. The minimum Gasteiger partial charge on any atom is -0.481 e. The number of hydrogen-bond acceptors (Lipinski definition) is 8. The van der Waals surface area contributed by atoms with Crippen molar-refractivity contribution in [2.45, 2.75) is 48.2 Å². The van der Waals surface area contributed by atoms with Gasteiger partial charge in [0.15, 0.2) is 9.84 Å². The van der Waals surface area contributed by atoms with Crippen LogP contribution in [0.2, 0.25) is 0 Å². The summed E-state index contributed by atoms with van der Waals surface area (Å²) in [5, 5.41) is 22.2. The van der Waals surface area contributed by atoms with Gasteiger partial charge in [-0.2, -0.15) is 23.5 Å². The molecule has 0 radical (unpaired) electrons. The Bertz CT molecular complexity index is 1600. The molecule has 2 amide bonds. The molecule has 1 heterocycles. The van der Waals surface area contributed by atoms with Crippen molar-refractivity contribution < 1.29 is 45.8 Å². The molecule has 3 N–H and O–H groups in total. The molecule has 0 aliphatic heterocycles. The number of rotatable bonds is 9. The van der Waals surface area contributed by atoms with Crippen LogP contribution in [0.5, 0.6) is 0 Å². The lowest BCUT2D eigenvalue weighted by Gasteiger charge is -2.31. The third-order valence-electron chi connectivity index (χ3n) is 8.31. The number of carbonyl (C=O) groups excluding carboxylic acids is 2. The fourth-order valence-electron chi connectivity index (χ4n) is 5.90. The molecule has 2 fully saturated rings. The van der Waals surface area contributed by atoms with Crippen LogP contribution in [0.4, 0.5) is 13.2 Å². The van der Waals surface area contributed by atoms with Crippen molar-refractivity contribution in [1.82, 2.24) is 14.7 Å². The van der Waals surface area contributed by atoms with Crippen LogP contribution in [-0.2, 0) is 41.7 Å². The van der Waals surface area contributed by atoms with Crippen molar-refractivity contribution in [3.63, 3.8) is 0 Å². The number of aromatic nitrogens is 2. The van der Waals surface area contributed by atoms with Gasteiger partial charge in [-0.05, 0) is 37.0 Å². The zero-order valence-corrected chi connectivity index (χ0v) is 23.6. The number of benzene rings is 1. The first-order chi connectivity index (χ1) is 19.4. The molecule has 2 saturated carbocycles. The molecule has 1 aromatic heterocycles. The van der Waals surface area contributed by atoms with Crippen molar-refractivity contribution in [3.05, 3.63) is 36.2 Å². The second kappa shape index (κ2) is 10.4. The van der Waals surface area contributed by atoms with Crippen molar-refractivity contribution in [2.24, 2.45) is 22.5 Å². The summed E-state index contributed by atoms with van der Waals surface area (Å²) in [6.07, 6.45) is -5.25. The molecule has 4 rings (SSSR count). The monoisotopic (exact) mass is 611 g/mol. The largest absolute Gasteiger partial charge is 0.481 e. The second-order valence-corrected chi connectivity index (χ2v) is 13.0.